The van der Waals surface area contributed by atoms with Crippen LogP contribution in [0.15, 0.2) is 39.5 Å². The molecule has 2 aromatic carbocycles. The zero-order valence-electron chi connectivity index (χ0n) is 15.7. The Morgan fingerprint density at radius 3 is 2.79 bits per heavy atom. The average Bonchev–Trinajstić information content (AvgIpc) is 3.13. The zero-order valence-corrected chi connectivity index (χ0v) is 16.5. The molecule has 144 valence electrons. The van der Waals surface area contributed by atoms with E-state index in [1.165, 1.54) is 0 Å². The van der Waals surface area contributed by atoms with Crippen molar-refractivity contribution in [1.82, 2.24) is 0 Å². The number of nitrogens with one attached hydrogen (secondary N) is 1. The van der Waals surface area contributed by atoms with Gasteiger partial charge in [-0.05, 0) is 74.1 Å². The molecule has 28 heavy (non-hydrogen) atoms. The van der Waals surface area contributed by atoms with E-state index >= 15 is 0 Å². The largest absolute Gasteiger partial charge is 0.483 e. The number of carbonyl (C=O) groups excluding carboxylic acids is 1. The molecule has 0 aliphatic heterocycles. The van der Waals surface area contributed by atoms with Crippen LogP contribution < -0.4 is 15.7 Å². The average molecular weight is 398 g/mol. The van der Waals surface area contributed by atoms with Gasteiger partial charge in [0.1, 0.15) is 11.3 Å². The number of fused-ring (bicyclic) bond motifs is 3. The van der Waals surface area contributed by atoms with Crippen LogP contribution in [0.2, 0.25) is 5.02 Å². The number of hydrogen-bond acceptors (Lipinski definition) is 4. The summed E-state index contributed by atoms with van der Waals surface area (Å²) in [6.07, 6.45) is 2.45. The van der Waals surface area contributed by atoms with Crippen molar-refractivity contribution in [2.45, 2.75) is 33.1 Å². The van der Waals surface area contributed by atoms with Crippen molar-refractivity contribution in [3.8, 4) is 5.75 Å². The molecule has 1 N–H and O–H groups in total. The van der Waals surface area contributed by atoms with Crippen LogP contribution in [0.3, 0.4) is 0 Å². The Balaban J connectivity index is 1.61. The molecule has 1 amide bonds. The van der Waals surface area contributed by atoms with Gasteiger partial charge in [0.15, 0.2) is 6.61 Å². The Morgan fingerprint density at radius 2 is 1.96 bits per heavy atom. The quantitative estimate of drug-likeness (QED) is 0.655. The van der Waals surface area contributed by atoms with Crippen molar-refractivity contribution in [1.29, 1.82) is 0 Å². The van der Waals surface area contributed by atoms with E-state index in [1.54, 1.807) is 12.1 Å². The number of anilines is 1. The lowest BCUT2D eigenvalue weighted by molar-refractivity contribution is -0.118. The summed E-state index contributed by atoms with van der Waals surface area (Å²) in [7, 11) is 0. The molecular weight excluding hydrogens is 378 g/mol. The lowest BCUT2D eigenvalue weighted by Crippen LogP contribution is -2.21. The third-order valence-corrected chi connectivity index (χ3v) is 5.25. The summed E-state index contributed by atoms with van der Waals surface area (Å²) < 4.78 is 11.4. The van der Waals surface area contributed by atoms with E-state index in [9.17, 15) is 9.59 Å². The van der Waals surface area contributed by atoms with Gasteiger partial charge in [-0.2, -0.15) is 0 Å². The smallest absolute Gasteiger partial charge is 0.339 e. The Hall–Kier alpha value is -2.79. The first-order valence-electron chi connectivity index (χ1n) is 9.20. The van der Waals surface area contributed by atoms with E-state index in [4.69, 9.17) is 20.8 Å². The molecular formula is C22H20ClNO4. The molecule has 1 aliphatic rings. The zero-order chi connectivity index (χ0) is 19.8. The van der Waals surface area contributed by atoms with Gasteiger partial charge in [0.05, 0.1) is 5.39 Å². The number of amides is 1. The molecule has 0 unspecified atom stereocenters. The normalized spacial score (nSPS) is 12.8. The van der Waals surface area contributed by atoms with Gasteiger partial charge in [0.2, 0.25) is 0 Å². The van der Waals surface area contributed by atoms with E-state index in [2.05, 4.69) is 5.32 Å². The predicted octanol–water partition coefficient (Wildman–Crippen LogP) is 4.57. The van der Waals surface area contributed by atoms with Crippen LogP contribution in [-0.4, -0.2) is 12.5 Å². The van der Waals surface area contributed by atoms with Crippen LogP contribution in [0.25, 0.3) is 11.0 Å². The highest BCUT2D eigenvalue weighted by Gasteiger charge is 2.22. The van der Waals surface area contributed by atoms with Crippen molar-refractivity contribution in [2.75, 3.05) is 11.9 Å². The van der Waals surface area contributed by atoms with Crippen LogP contribution in [0.5, 0.6) is 5.75 Å². The number of rotatable bonds is 4. The van der Waals surface area contributed by atoms with Gasteiger partial charge in [0.25, 0.3) is 5.91 Å². The number of benzene rings is 2. The van der Waals surface area contributed by atoms with Crippen LogP contribution in [0, 0.1) is 13.8 Å². The molecule has 1 aliphatic carbocycles. The molecule has 4 rings (SSSR count). The number of hydrogen-bond donors (Lipinski definition) is 1. The summed E-state index contributed by atoms with van der Waals surface area (Å²) in [6, 6.07) is 9.03. The van der Waals surface area contributed by atoms with E-state index in [1.807, 2.05) is 32.0 Å². The Labute approximate surface area is 167 Å². The number of aryl methyl sites for hydroxylation is 3. The first-order valence-corrected chi connectivity index (χ1v) is 9.58. The number of halogens is 1. The van der Waals surface area contributed by atoms with Crippen molar-refractivity contribution in [3.05, 3.63) is 68.0 Å². The maximum atomic E-state index is 12.4. The van der Waals surface area contributed by atoms with Gasteiger partial charge in [0, 0.05) is 16.3 Å². The molecule has 0 fully saturated rings. The molecule has 1 heterocycles. The molecule has 0 saturated carbocycles. The molecule has 0 radical (unpaired) electrons. The minimum atomic E-state index is -0.283. The Morgan fingerprint density at radius 1 is 1.18 bits per heavy atom. The number of carbonyl (C=O) groups is 1. The SMILES string of the molecule is Cc1cc(OCC(=O)Nc2cc(Cl)ccc2C)c2c3c(c(=O)oc2c1)CCC3. The monoisotopic (exact) mass is 397 g/mol. The molecule has 3 aromatic rings. The molecule has 1 aromatic heterocycles. The van der Waals surface area contributed by atoms with Crippen molar-refractivity contribution < 1.29 is 13.9 Å². The van der Waals surface area contributed by atoms with Crippen molar-refractivity contribution >= 4 is 34.2 Å². The van der Waals surface area contributed by atoms with Gasteiger partial charge in [-0.25, -0.2) is 4.79 Å². The first-order chi connectivity index (χ1) is 13.4. The summed E-state index contributed by atoms with van der Waals surface area (Å²) in [5.41, 5.74) is 4.40. The first kappa shape index (κ1) is 18.6. The molecule has 6 heteroatoms. The van der Waals surface area contributed by atoms with E-state index in [0.29, 0.717) is 22.0 Å². The Kier molecular flexibility index (Phi) is 4.85. The number of ether oxygens (including phenoxy) is 1. The van der Waals surface area contributed by atoms with Gasteiger partial charge >= 0.3 is 5.63 Å². The van der Waals surface area contributed by atoms with Gasteiger partial charge < -0.3 is 14.5 Å². The molecule has 0 atom stereocenters. The maximum Gasteiger partial charge on any atom is 0.339 e. The second-order valence-electron chi connectivity index (χ2n) is 7.13. The summed E-state index contributed by atoms with van der Waals surface area (Å²) in [4.78, 5) is 24.6. The fourth-order valence-corrected chi connectivity index (χ4v) is 3.85. The fourth-order valence-electron chi connectivity index (χ4n) is 3.68. The van der Waals surface area contributed by atoms with Crippen LogP contribution in [0.1, 0.15) is 28.7 Å². The second-order valence-corrected chi connectivity index (χ2v) is 7.57. The van der Waals surface area contributed by atoms with Gasteiger partial charge in [-0.3, -0.25) is 4.79 Å². The van der Waals surface area contributed by atoms with Crippen LogP contribution in [-0.2, 0) is 17.6 Å². The summed E-state index contributed by atoms with van der Waals surface area (Å²) in [5.74, 6) is 0.281. The summed E-state index contributed by atoms with van der Waals surface area (Å²) in [6.45, 7) is 3.64. The highest BCUT2D eigenvalue weighted by molar-refractivity contribution is 6.31. The molecule has 5 nitrogen and oxygen atoms in total. The summed E-state index contributed by atoms with van der Waals surface area (Å²) in [5, 5.41) is 4.17. The van der Waals surface area contributed by atoms with Crippen molar-refractivity contribution in [3.63, 3.8) is 0 Å². The predicted molar refractivity (Wildman–Crippen MR) is 110 cm³/mol. The van der Waals surface area contributed by atoms with Gasteiger partial charge in [-0.1, -0.05) is 17.7 Å². The fraction of sp³-hybridized carbons (Fsp3) is 0.273. The highest BCUT2D eigenvalue weighted by Crippen LogP contribution is 2.35. The lowest BCUT2D eigenvalue weighted by Gasteiger charge is -2.13. The van der Waals surface area contributed by atoms with Crippen LogP contribution in [0.4, 0.5) is 5.69 Å². The van der Waals surface area contributed by atoms with Crippen LogP contribution >= 0.6 is 11.6 Å². The second kappa shape index (κ2) is 7.32. The Bertz CT molecular complexity index is 1150. The third kappa shape index (κ3) is 3.50. The third-order valence-electron chi connectivity index (χ3n) is 5.01. The van der Waals surface area contributed by atoms with E-state index in [0.717, 1.165) is 46.9 Å². The molecule has 0 spiro atoms. The summed E-state index contributed by atoms with van der Waals surface area (Å²) >= 11 is 6.00. The topological polar surface area (TPSA) is 68.5 Å². The molecule has 0 bridgehead atoms. The highest BCUT2D eigenvalue weighted by atomic mass is 35.5. The van der Waals surface area contributed by atoms with E-state index < -0.39 is 0 Å². The maximum absolute atomic E-state index is 12.4. The molecule has 0 saturated heterocycles. The minimum absolute atomic E-state index is 0.154. The van der Waals surface area contributed by atoms with Crippen molar-refractivity contribution in [2.24, 2.45) is 0 Å². The van der Waals surface area contributed by atoms with E-state index in [-0.39, 0.29) is 18.1 Å². The minimum Gasteiger partial charge on any atom is -0.483 e. The lowest BCUT2D eigenvalue weighted by atomic mass is 10.0. The standard InChI is InChI=1S/C22H20ClNO4/c1-12-8-18(21-15-4-3-5-16(15)22(26)28-19(21)9-12)27-11-20(25)24-17-10-14(23)7-6-13(17)2/h6-10H,3-5,11H2,1-2H3,(H,24,25). The van der Waals surface area contributed by atoms with Gasteiger partial charge in [-0.15, -0.1) is 0 Å².